The highest BCUT2D eigenvalue weighted by molar-refractivity contribution is 8.00. The first-order chi connectivity index (χ1) is 19.4. The zero-order valence-corrected chi connectivity index (χ0v) is 23.7. The number of hydrogen-bond donors (Lipinski definition) is 1. The van der Waals surface area contributed by atoms with Crippen LogP contribution in [0.15, 0.2) is 101 Å². The van der Waals surface area contributed by atoms with Gasteiger partial charge < -0.3 is 9.84 Å². The molecule has 1 N–H and O–H groups in total. The van der Waals surface area contributed by atoms with Crippen molar-refractivity contribution in [1.82, 2.24) is 10.2 Å². The number of hydrogen-bond acceptors (Lipinski definition) is 8. The van der Waals surface area contributed by atoms with E-state index in [2.05, 4.69) is 10.2 Å². The number of aliphatic hydroxyl groups excluding tert-OH is 1. The monoisotopic (exact) mass is 589 g/mol. The molecule has 202 valence electrons. The molecule has 1 aliphatic rings. The van der Waals surface area contributed by atoms with Crippen molar-refractivity contribution < 1.29 is 19.4 Å². The predicted octanol–water partition coefficient (Wildman–Crippen LogP) is 7.07. The van der Waals surface area contributed by atoms with Crippen molar-refractivity contribution in [3.63, 3.8) is 0 Å². The van der Waals surface area contributed by atoms with Crippen LogP contribution in [0.4, 0.5) is 5.13 Å². The maximum absolute atomic E-state index is 13.5. The first-order valence-corrected chi connectivity index (χ1v) is 14.6. The van der Waals surface area contributed by atoms with Crippen LogP contribution < -0.4 is 9.64 Å². The average molecular weight is 590 g/mol. The number of aliphatic hydroxyl groups is 1. The Labute approximate surface area is 244 Å². The quantitative estimate of drug-likeness (QED) is 0.120. The Bertz CT molecular complexity index is 1590. The van der Waals surface area contributed by atoms with Gasteiger partial charge in [-0.3, -0.25) is 14.5 Å². The molecule has 3 aromatic carbocycles. The Morgan fingerprint density at radius 3 is 2.62 bits per heavy atom. The van der Waals surface area contributed by atoms with Crippen LogP contribution in [0.25, 0.3) is 6.08 Å². The minimum absolute atomic E-state index is 0.0311. The molecule has 10 heteroatoms. The fraction of sp³-hybridized carbons (Fsp3) is 0.133. The van der Waals surface area contributed by atoms with Gasteiger partial charge in [-0.1, -0.05) is 95.4 Å². The molecule has 7 nitrogen and oxygen atoms in total. The van der Waals surface area contributed by atoms with E-state index in [0.29, 0.717) is 33.0 Å². The lowest BCUT2D eigenvalue weighted by Crippen LogP contribution is -2.30. The molecule has 4 aromatic rings. The zero-order valence-electron chi connectivity index (χ0n) is 21.4. The lowest BCUT2D eigenvalue weighted by Gasteiger charge is -2.24. The summed E-state index contributed by atoms with van der Waals surface area (Å²) in [6.07, 6.45) is 3.02. The van der Waals surface area contributed by atoms with E-state index in [-0.39, 0.29) is 10.7 Å². The van der Waals surface area contributed by atoms with Gasteiger partial charge >= 0.3 is 0 Å². The van der Waals surface area contributed by atoms with E-state index in [9.17, 15) is 14.7 Å². The van der Waals surface area contributed by atoms with Crippen LogP contribution in [-0.4, -0.2) is 33.6 Å². The summed E-state index contributed by atoms with van der Waals surface area (Å²) in [6.45, 7) is 2.33. The van der Waals surface area contributed by atoms with Crippen LogP contribution in [0.1, 0.15) is 29.7 Å². The van der Waals surface area contributed by atoms with Crippen LogP contribution in [0.5, 0.6) is 5.75 Å². The summed E-state index contributed by atoms with van der Waals surface area (Å²) in [5.74, 6) is -0.585. The van der Waals surface area contributed by atoms with Crippen LogP contribution >= 0.6 is 34.7 Å². The molecular weight excluding hydrogens is 566 g/mol. The number of nitrogens with zero attached hydrogens (tertiary/aromatic N) is 3. The predicted molar refractivity (Wildman–Crippen MR) is 159 cm³/mol. The van der Waals surface area contributed by atoms with Gasteiger partial charge in [0, 0.05) is 10.8 Å². The topological polar surface area (TPSA) is 92.6 Å². The molecule has 0 radical (unpaired) electrons. The van der Waals surface area contributed by atoms with E-state index in [0.717, 1.165) is 11.1 Å². The van der Waals surface area contributed by atoms with Crippen LogP contribution in [0, 0.1) is 0 Å². The number of aromatic nitrogens is 2. The summed E-state index contributed by atoms with van der Waals surface area (Å²) in [5.41, 5.74) is 2.45. The molecule has 1 aromatic heterocycles. The van der Waals surface area contributed by atoms with Crippen molar-refractivity contribution >= 4 is 57.6 Å². The molecule has 1 atom stereocenters. The minimum Gasteiger partial charge on any atom is -0.503 e. The molecule has 5 rings (SSSR count). The van der Waals surface area contributed by atoms with Gasteiger partial charge in [0.15, 0.2) is 15.9 Å². The number of carbonyl (C=O) groups is 2. The van der Waals surface area contributed by atoms with E-state index in [1.54, 1.807) is 30.3 Å². The number of allylic oxidation sites excluding steroid dienone is 1. The number of ketones is 1. The van der Waals surface area contributed by atoms with Crippen molar-refractivity contribution in [2.75, 3.05) is 11.5 Å². The van der Waals surface area contributed by atoms with Crippen molar-refractivity contribution in [1.29, 1.82) is 0 Å². The second-order valence-electron chi connectivity index (χ2n) is 8.72. The Balaban J connectivity index is 1.47. The summed E-state index contributed by atoms with van der Waals surface area (Å²) < 4.78 is 6.31. The number of benzene rings is 3. The van der Waals surface area contributed by atoms with Crippen molar-refractivity contribution in [2.45, 2.75) is 23.1 Å². The highest BCUT2D eigenvalue weighted by Gasteiger charge is 2.45. The van der Waals surface area contributed by atoms with Crippen LogP contribution in [0.3, 0.4) is 0 Å². The molecule has 0 spiro atoms. The number of anilines is 1. The second kappa shape index (κ2) is 12.5. The first kappa shape index (κ1) is 27.6. The number of halogens is 1. The number of thioether (sulfide) groups is 1. The maximum atomic E-state index is 13.5. The van der Waals surface area contributed by atoms with E-state index < -0.39 is 23.5 Å². The molecule has 1 unspecified atom stereocenters. The molecular formula is C30H24ClN3O4S2. The fourth-order valence-corrected chi connectivity index (χ4v) is 6.17. The highest BCUT2D eigenvalue weighted by atomic mass is 35.5. The number of amides is 1. The second-order valence-corrected chi connectivity index (χ2v) is 11.3. The standard InChI is InChI=1S/C30H24ClN3O4S2/c1-2-38-23-10-6-9-21(17-23)26-25(24(35)16-13-19-7-4-3-5-8-19)27(36)28(37)34(26)29-32-33-30(40-29)39-18-20-11-14-22(31)15-12-20/h3-17,26,36H,2,18H2,1H3/b16-13+. The Morgan fingerprint density at radius 2 is 1.88 bits per heavy atom. The molecule has 0 bridgehead atoms. The maximum Gasteiger partial charge on any atom is 0.296 e. The number of ether oxygens (including phenoxy) is 1. The van der Waals surface area contributed by atoms with Crippen LogP contribution in [0.2, 0.25) is 5.02 Å². The van der Waals surface area contributed by atoms with Gasteiger partial charge in [0.1, 0.15) is 5.75 Å². The first-order valence-electron chi connectivity index (χ1n) is 12.4. The number of rotatable bonds is 10. The van der Waals surface area contributed by atoms with Gasteiger partial charge in [0.05, 0.1) is 18.2 Å². The van der Waals surface area contributed by atoms with Gasteiger partial charge in [-0.05, 0) is 54.0 Å². The minimum atomic E-state index is -0.914. The lowest BCUT2D eigenvalue weighted by molar-refractivity contribution is -0.117. The summed E-state index contributed by atoms with van der Waals surface area (Å²) in [4.78, 5) is 28.2. The van der Waals surface area contributed by atoms with Gasteiger partial charge in [0.2, 0.25) is 5.13 Å². The molecule has 0 saturated heterocycles. The molecule has 0 saturated carbocycles. The van der Waals surface area contributed by atoms with Crippen molar-refractivity contribution in [2.24, 2.45) is 0 Å². The van der Waals surface area contributed by atoms with E-state index in [1.807, 2.05) is 61.5 Å². The van der Waals surface area contributed by atoms with Crippen molar-refractivity contribution in [3.05, 3.63) is 118 Å². The molecule has 1 aliphatic heterocycles. The van der Waals surface area contributed by atoms with E-state index in [4.69, 9.17) is 16.3 Å². The smallest absolute Gasteiger partial charge is 0.296 e. The third-order valence-corrected chi connectivity index (χ3v) is 8.44. The van der Waals surface area contributed by atoms with Crippen LogP contribution in [-0.2, 0) is 15.3 Å². The van der Waals surface area contributed by atoms with Gasteiger partial charge in [-0.15, -0.1) is 10.2 Å². The van der Waals surface area contributed by atoms with Crippen molar-refractivity contribution in [3.8, 4) is 5.75 Å². The Kier molecular flexibility index (Phi) is 8.64. The molecule has 0 aliphatic carbocycles. The summed E-state index contributed by atoms with van der Waals surface area (Å²) in [6, 6.07) is 23.1. The fourth-order valence-electron chi connectivity index (χ4n) is 4.22. The van der Waals surface area contributed by atoms with Gasteiger partial charge in [0.25, 0.3) is 5.91 Å². The van der Waals surface area contributed by atoms with Gasteiger partial charge in [-0.2, -0.15) is 0 Å². The molecule has 40 heavy (non-hydrogen) atoms. The Morgan fingerprint density at radius 1 is 1.10 bits per heavy atom. The third kappa shape index (κ3) is 6.12. The lowest BCUT2D eigenvalue weighted by atomic mass is 9.95. The third-order valence-electron chi connectivity index (χ3n) is 6.06. The van der Waals surface area contributed by atoms with E-state index in [1.165, 1.54) is 34.1 Å². The zero-order chi connectivity index (χ0) is 28.1. The largest absolute Gasteiger partial charge is 0.503 e. The van der Waals surface area contributed by atoms with E-state index >= 15 is 0 Å². The Hall–Kier alpha value is -3.92. The van der Waals surface area contributed by atoms with Gasteiger partial charge in [-0.25, -0.2) is 0 Å². The normalized spacial score (nSPS) is 15.3. The molecule has 2 heterocycles. The molecule has 1 amide bonds. The summed E-state index contributed by atoms with van der Waals surface area (Å²) in [5, 5.41) is 20.4. The number of carbonyl (C=O) groups excluding carboxylic acids is 2. The highest BCUT2D eigenvalue weighted by Crippen LogP contribution is 2.44. The summed E-state index contributed by atoms with van der Waals surface area (Å²) >= 11 is 8.67. The SMILES string of the molecule is CCOc1cccc(C2C(C(=O)/C=C/c3ccccc3)=C(O)C(=O)N2c2nnc(SCc3ccc(Cl)cc3)s2)c1. The average Bonchev–Trinajstić information content (AvgIpc) is 3.54. The molecule has 0 fully saturated rings. The summed E-state index contributed by atoms with van der Waals surface area (Å²) in [7, 11) is 0.